The number of alkyl halides is 3. The SMILES string of the molecule is CS(=O)(=O)c1cc(OCCCN(Cc2ccc(F)cc2)Cc2cccc(C(F)(F)F)c2)ccc1CC(=O)O. The number of hydrogen-bond donors (Lipinski definition) is 1. The molecule has 38 heavy (non-hydrogen) atoms. The molecule has 11 heteroatoms. The maximum Gasteiger partial charge on any atom is 0.416 e. The molecule has 0 spiro atoms. The molecule has 0 atom stereocenters. The molecule has 6 nitrogen and oxygen atoms in total. The van der Waals surface area contributed by atoms with Crippen molar-refractivity contribution in [3.8, 4) is 5.75 Å². The van der Waals surface area contributed by atoms with Gasteiger partial charge in [0, 0.05) is 25.9 Å². The Labute approximate surface area is 218 Å². The smallest absolute Gasteiger partial charge is 0.416 e. The first kappa shape index (κ1) is 29.1. The molecule has 3 aromatic carbocycles. The van der Waals surface area contributed by atoms with Crippen LogP contribution < -0.4 is 4.74 Å². The lowest BCUT2D eigenvalue weighted by atomic mass is 10.1. The van der Waals surface area contributed by atoms with E-state index in [1.165, 1.54) is 36.4 Å². The van der Waals surface area contributed by atoms with Gasteiger partial charge in [0.05, 0.1) is 23.5 Å². The third-order valence-electron chi connectivity index (χ3n) is 5.65. The fourth-order valence-electron chi connectivity index (χ4n) is 3.92. The summed E-state index contributed by atoms with van der Waals surface area (Å²) >= 11 is 0. The number of carbonyl (C=O) groups is 1. The predicted molar refractivity (Wildman–Crippen MR) is 133 cm³/mol. The molecule has 0 aromatic heterocycles. The van der Waals surface area contributed by atoms with Gasteiger partial charge < -0.3 is 9.84 Å². The quantitative estimate of drug-likeness (QED) is 0.241. The lowest BCUT2D eigenvalue weighted by molar-refractivity contribution is -0.138. The fourth-order valence-corrected chi connectivity index (χ4v) is 4.87. The molecule has 0 aliphatic carbocycles. The van der Waals surface area contributed by atoms with Crippen LogP contribution in [0.1, 0.15) is 28.7 Å². The molecule has 0 aliphatic rings. The third-order valence-corrected chi connectivity index (χ3v) is 6.83. The van der Waals surface area contributed by atoms with Crippen molar-refractivity contribution in [1.29, 1.82) is 0 Å². The molecule has 3 aromatic rings. The number of halogens is 4. The van der Waals surface area contributed by atoms with Gasteiger partial charge in [-0.2, -0.15) is 13.2 Å². The summed E-state index contributed by atoms with van der Waals surface area (Å²) in [7, 11) is -3.69. The van der Waals surface area contributed by atoms with Gasteiger partial charge in [0.2, 0.25) is 0 Å². The number of benzene rings is 3. The zero-order valence-electron chi connectivity index (χ0n) is 20.5. The molecule has 0 fully saturated rings. The Hall–Kier alpha value is -3.44. The van der Waals surface area contributed by atoms with E-state index in [-0.39, 0.29) is 29.4 Å². The second-order valence-electron chi connectivity index (χ2n) is 8.85. The largest absolute Gasteiger partial charge is 0.494 e. The highest BCUT2D eigenvalue weighted by Gasteiger charge is 2.30. The van der Waals surface area contributed by atoms with Crippen molar-refractivity contribution in [3.63, 3.8) is 0 Å². The summed E-state index contributed by atoms with van der Waals surface area (Å²) < 4.78 is 82.7. The highest BCUT2D eigenvalue weighted by molar-refractivity contribution is 7.90. The van der Waals surface area contributed by atoms with Crippen LogP contribution in [0.2, 0.25) is 0 Å². The van der Waals surface area contributed by atoms with Crippen molar-refractivity contribution in [1.82, 2.24) is 4.90 Å². The van der Waals surface area contributed by atoms with Gasteiger partial charge in [0.15, 0.2) is 9.84 Å². The number of ether oxygens (including phenoxy) is 1. The van der Waals surface area contributed by atoms with E-state index in [1.807, 2.05) is 4.90 Å². The van der Waals surface area contributed by atoms with E-state index < -0.39 is 39.8 Å². The minimum absolute atomic E-state index is 0.125. The number of sulfone groups is 1. The minimum Gasteiger partial charge on any atom is -0.494 e. The monoisotopic (exact) mass is 553 g/mol. The molecular weight excluding hydrogens is 526 g/mol. The maximum atomic E-state index is 13.3. The van der Waals surface area contributed by atoms with E-state index in [2.05, 4.69) is 0 Å². The topological polar surface area (TPSA) is 83.9 Å². The fraction of sp³-hybridized carbons (Fsp3) is 0.296. The third kappa shape index (κ3) is 8.84. The first-order valence-electron chi connectivity index (χ1n) is 11.6. The van der Waals surface area contributed by atoms with E-state index in [4.69, 9.17) is 9.84 Å². The van der Waals surface area contributed by atoms with Crippen LogP contribution in [0.4, 0.5) is 17.6 Å². The normalized spacial score (nSPS) is 12.1. The molecule has 0 saturated heterocycles. The van der Waals surface area contributed by atoms with Crippen LogP contribution in [0.25, 0.3) is 0 Å². The number of carboxylic acid groups (broad SMARTS) is 1. The number of nitrogens with zero attached hydrogens (tertiary/aromatic N) is 1. The summed E-state index contributed by atoms with van der Waals surface area (Å²) in [4.78, 5) is 12.8. The number of carboxylic acids is 1. The molecule has 3 rings (SSSR count). The van der Waals surface area contributed by atoms with Crippen LogP contribution >= 0.6 is 0 Å². The van der Waals surface area contributed by atoms with E-state index in [9.17, 15) is 30.8 Å². The Balaban J connectivity index is 1.69. The minimum atomic E-state index is -4.46. The molecular formula is C27H27F4NO5S. The summed E-state index contributed by atoms with van der Waals surface area (Å²) in [5.74, 6) is -1.30. The van der Waals surface area contributed by atoms with Crippen molar-refractivity contribution in [2.24, 2.45) is 0 Å². The van der Waals surface area contributed by atoms with Crippen LogP contribution in [0, 0.1) is 5.82 Å². The van der Waals surface area contributed by atoms with E-state index in [1.54, 1.807) is 18.2 Å². The van der Waals surface area contributed by atoms with Crippen LogP contribution in [0.5, 0.6) is 5.75 Å². The van der Waals surface area contributed by atoms with E-state index >= 15 is 0 Å². The zero-order chi connectivity index (χ0) is 27.9. The summed E-state index contributed by atoms with van der Waals surface area (Å²) in [6, 6.07) is 15.1. The summed E-state index contributed by atoms with van der Waals surface area (Å²) in [6.45, 7) is 1.16. The Kier molecular flexibility index (Phi) is 9.50. The van der Waals surface area contributed by atoms with Crippen LogP contribution in [0.15, 0.2) is 71.6 Å². The van der Waals surface area contributed by atoms with Crippen molar-refractivity contribution in [2.45, 2.75) is 37.0 Å². The number of aliphatic carboxylic acids is 1. The Morgan fingerprint density at radius 2 is 1.66 bits per heavy atom. The van der Waals surface area contributed by atoms with Crippen molar-refractivity contribution in [3.05, 3.63) is 94.8 Å². The Bertz CT molecular complexity index is 1360. The van der Waals surface area contributed by atoms with Crippen LogP contribution in [-0.2, 0) is 40.3 Å². The van der Waals surface area contributed by atoms with Crippen molar-refractivity contribution < 1.29 is 40.6 Å². The average molecular weight is 554 g/mol. The summed E-state index contributed by atoms with van der Waals surface area (Å²) in [6.07, 6.45) is -3.48. The van der Waals surface area contributed by atoms with Gasteiger partial charge in [-0.05, 0) is 53.4 Å². The van der Waals surface area contributed by atoms with Gasteiger partial charge in [0.1, 0.15) is 11.6 Å². The average Bonchev–Trinajstić information content (AvgIpc) is 2.82. The number of rotatable bonds is 12. The van der Waals surface area contributed by atoms with Gasteiger partial charge in [-0.1, -0.05) is 36.4 Å². The molecule has 204 valence electrons. The molecule has 0 heterocycles. The van der Waals surface area contributed by atoms with Gasteiger partial charge in [-0.3, -0.25) is 9.69 Å². The number of hydrogen-bond acceptors (Lipinski definition) is 5. The van der Waals surface area contributed by atoms with E-state index in [0.717, 1.165) is 24.0 Å². The summed E-state index contributed by atoms with van der Waals surface area (Å²) in [5.41, 5.74) is 0.660. The Morgan fingerprint density at radius 3 is 2.29 bits per heavy atom. The molecule has 0 radical (unpaired) electrons. The molecule has 0 unspecified atom stereocenters. The highest BCUT2D eigenvalue weighted by atomic mass is 32.2. The van der Waals surface area contributed by atoms with Gasteiger partial charge in [0.25, 0.3) is 0 Å². The maximum absolute atomic E-state index is 13.3. The lowest BCUT2D eigenvalue weighted by Gasteiger charge is -2.23. The van der Waals surface area contributed by atoms with Crippen LogP contribution in [0.3, 0.4) is 0 Å². The second kappa shape index (κ2) is 12.4. The first-order valence-corrected chi connectivity index (χ1v) is 13.5. The second-order valence-corrected chi connectivity index (χ2v) is 10.8. The molecule has 0 amide bonds. The summed E-state index contributed by atoms with van der Waals surface area (Å²) in [5, 5.41) is 9.03. The van der Waals surface area contributed by atoms with Crippen LogP contribution in [-0.4, -0.2) is 43.8 Å². The first-order chi connectivity index (χ1) is 17.8. The zero-order valence-corrected chi connectivity index (χ0v) is 21.4. The molecule has 1 N–H and O–H groups in total. The molecule has 0 aliphatic heterocycles. The van der Waals surface area contributed by atoms with Gasteiger partial charge in [-0.25, -0.2) is 12.8 Å². The molecule has 0 bridgehead atoms. The van der Waals surface area contributed by atoms with Gasteiger partial charge >= 0.3 is 12.1 Å². The predicted octanol–water partition coefficient (Wildman–Crippen LogP) is 5.35. The van der Waals surface area contributed by atoms with E-state index in [0.29, 0.717) is 25.1 Å². The van der Waals surface area contributed by atoms with Gasteiger partial charge in [-0.15, -0.1) is 0 Å². The molecule has 0 saturated carbocycles. The lowest BCUT2D eigenvalue weighted by Crippen LogP contribution is -2.25. The van der Waals surface area contributed by atoms with Crippen molar-refractivity contribution >= 4 is 15.8 Å². The highest BCUT2D eigenvalue weighted by Crippen LogP contribution is 2.30. The Morgan fingerprint density at radius 1 is 0.974 bits per heavy atom. The van der Waals surface area contributed by atoms with Crippen molar-refractivity contribution in [2.75, 3.05) is 19.4 Å². The standard InChI is InChI=1S/C27H27F4NO5S/c1-38(35,36)25-16-24(11-8-21(25)15-26(33)34)37-13-3-12-32(17-19-6-9-23(28)10-7-19)18-20-4-2-5-22(14-20)27(29,30)31/h2,4-11,14,16H,3,12-13,15,17-18H2,1H3,(H,33,34).